The van der Waals surface area contributed by atoms with Crippen molar-refractivity contribution in [3.05, 3.63) is 95.1 Å². The lowest BCUT2D eigenvalue weighted by Gasteiger charge is -2.04. The highest BCUT2D eigenvalue weighted by Gasteiger charge is 2.01. The average Bonchev–Trinajstić information content (AvgIpc) is 2.64. The number of aryl methyl sites for hydroxylation is 1. The van der Waals surface area contributed by atoms with Gasteiger partial charge in [-0.25, -0.2) is 8.78 Å². The Hall–Kier alpha value is -2.92. The topological polar surface area (TPSA) is 0 Å². The minimum Gasteiger partial charge on any atom is -0.204 e. The van der Waals surface area contributed by atoms with Crippen LogP contribution in [0.3, 0.4) is 0 Å². The van der Waals surface area contributed by atoms with Gasteiger partial charge in [-0.3, -0.25) is 0 Å². The monoisotopic (exact) mass is 332 g/mol. The molecule has 0 unspecified atom stereocenters. The molecule has 0 atom stereocenters. The molecule has 0 nitrogen and oxygen atoms in total. The first-order valence-electron chi connectivity index (χ1n) is 8.32. The molecule has 0 N–H and O–H groups in total. The molecule has 0 aromatic heterocycles. The second kappa shape index (κ2) is 7.77. The highest BCUT2D eigenvalue weighted by molar-refractivity contribution is 5.64. The smallest absolute Gasteiger partial charge is 0.160 e. The molecule has 0 saturated heterocycles. The fourth-order valence-electron chi connectivity index (χ4n) is 2.62. The van der Waals surface area contributed by atoms with Gasteiger partial charge in [0.15, 0.2) is 11.6 Å². The molecule has 0 heterocycles. The largest absolute Gasteiger partial charge is 0.204 e. The molecule has 0 aliphatic rings. The minimum absolute atomic E-state index is 0.453. The standard InChI is InChI=1S/C23H18F2/c1-2-3-17-6-11-20(12-7-17)21-13-8-18(9-14-21)4-5-19-10-15-22(24)23(25)16-19/h6-16H,2-3H2,1H3. The molecule has 3 aromatic rings. The molecule has 124 valence electrons. The summed E-state index contributed by atoms with van der Waals surface area (Å²) < 4.78 is 26.1. The van der Waals surface area contributed by atoms with Crippen molar-refractivity contribution in [3.8, 4) is 23.0 Å². The molecule has 2 heteroatoms. The molecule has 3 aromatic carbocycles. The fraction of sp³-hybridized carbons (Fsp3) is 0.130. The lowest BCUT2D eigenvalue weighted by molar-refractivity contribution is 0.508. The van der Waals surface area contributed by atoms with E-state index in [0.717, 1.165) is 36.1 Å². The first kappa shape index (κ1) is 16.9. The van der Waals surface area contributed by atoms with Gasteiger partial charge >= 0.3 is 0 Å². The van der Waals surface area contributed by atoms with Crippen LogP contribution in [0, 0.1) is 23.5 Å². The second-order valence-electron chi connectivity index (χ2n) is 5.90. The number of rotatable bonds is 3. The van der Waals surface area contributed by atoms with Gasteiger partial charge in [-0.2, -0.15) is 0 Å². The van der Waals surface area contributed by atoms with Gasteiger partial charge in [0.2, 0.25) is 0 Å². The van der Waals surface area contributed by atoms with Crippen molar-refractivity contribution in [2.75, 3.05) is 0 Å². The molecular weight excluding hydrogens is 314 g/mol. The summed E-state index contributed by atoms with van der Waals surface area (Å²) in [7, 11) is 0. The first-order valence-corrected chi connectivity index (χ1v) is 8.32. The van der Waals surface area contributed by atoms with Crippen LogP contribution in [0.25, 0.3) is 11.1 Å². The zero-order valence-corrected chi connectivity index (χ0v) is 14.0. The molecule has 0 fully saturated rings. The number of halogens is 2. The van der Waals surface area contributed by atoms with E-state index in [1.807, 2.05) is 24.3 Å². The van der Waals surface area contributed by atoms with E-state index in [4.69, 9.17) is 0 Å². The third-order valence-corrected chi connectivity index (χ3v) is 3.98. The van der Waals surface area contributed by atoms with Crippen LogP contribution in [0.5, 0.6) is 0 Å². The maximum Gasteiger partial charge on any atom is 0.160 e. The summed E-state index contributed by atoms with van der Waals surface area (Å²) in [5.74, 6) is 4.08. The Balaban J connectivity index is 1.76. The average molecular weight is 332 g/mol. The Bertz CT molecular complexity index is 911. The summed E-state index contributed by atoms with van der Waals surface area (Å²) in [5.41, 5.74) is 4.92. The molecule has 0 saturated carbocycles. The van der Waals surface area contributed by atoms with E-state index >= 15 is 0 Å². The minimum atomic E-state index is -0.881. The zero-order chi connectivity index (χ0) is 17.6. The lowest BCUT2D eigenvalue weighted by atomic mass is 10.0. The molecule has 0 radical (unpaired) electrons. The van der Waals surface area contributed by atoms with Crippen LogP contribution in [0.1, 0.15) is 30.0 Å². The van der Waals surface area contributed by atoms with Gasteiger partial charge in [0.25, 0.3) is 0 Å². The summed E-state index contributed by atoms with van der Waals surface area (Å²) in [6.07, 6.45) is 2.24. The van der Waals surface area contributed by atoms with Gasteiger partial charge in [0, 0.05) is 11.1 Å². The SMILES string of the molecule is CCCc1ccc(-c2ccc(C#Cc3ccc(F)c(F)c3)cc2)cc1. The van der Waals surface area contributed by atoms with E-state index in [2.05, 4.69) is 43.0 Å². The van der Waals surface area contributed by atoms with E-state index in [0.29, 0.717) is 5.56 Å². The Morgan fingerprint density at radius 3 is 1.84 bits per heavy atom. The van der Waals surface area contributed by atoms with E-state index in [1.165, 1.54) is 17.2 Å². The van der Waals surface area contributed by atoms with Crippen LogP contribution in [0.15, 0.2) is 66.7 Å². The van der Waals surface area contributed by atoms with Crippen molar-refractivity contribution >= 4 is 0 Å². The molecule has 0 aliphatic heterocycles. The van der Waals surface area contributed by atoms with Crippen molar-refractivity contribution in [1.82, 2.24) is 0 Å². The maximum absolute atomic E-state index is 13.2. The van der Waals surface area contributed by atoms with Gasteiger partial charge in [0.1, 0.15) is 0 Å². The number of benzene rings is 3. The third-order valence-electron chi connectivity index (χ3n) is 3.98. The summed E-state index contributed by atoms with van der Waals surface area (Å²) in [4.78, 5) is 0. The lowest BCUT2D eigenvalue weighted by Crippen LogP contribution is -1.85. The van der Waals surface area contributed by atoms with Crippen molar-refractivity contribution in [2.24, 2.45) is 0 Å². The van der Waals surface area contributed by atoms with Crippen LogP contribution in [-0.2, 0) is 6.42 Å². The number of hydrogen-bond donors (Lipinski definition) is 0. The molecule has 0 amide bonds. The van der Waals surface area contributed by atoms with Crippen molar-refractivity contribution in [2.45, 2.75) is 19.8 Å². The Kier molecular flexibility index (Phi) is 5.26. The van der Waals surface area contributed by atoms with Crippen LogP contribution >= 0.6 is 0 Å². The maximum atomic E-state index is 13.2. The van der Waals surface area contributed by atoms with Crippen LogP contribution in [0.2, 0.25) is 0 Å². The summed E-state index contributed by atoms with van der Waals surface area (Å²) in [6, 6.07) is 20.2. The molecular formula is C23H18F2. The van der Waals surface area contributed by atoms with E-state index < -0.39 is 11.6 Å². The van der Waals surface area contributed by atoms with Gasteiger partial charge < -0.3 is 0 Å². The molecule has 0 spiro atoms. The van der Waals surface area contributed by atoms with Crippen LogP contribution < -0.4 is 0 Å². The first-order chi connectivity index (χ1) is 12.2. The normalized spacial score (nSPS) is 10.2. The van der Waals surface area contributed by atoms with Crippen molar-refractivity contribution in [1.29, 1.82) is 0 Å². The summed E-state index contributed by atoms with van der Waals surface area (Å²) in [6.45, 7) is 2.17. The predicted octanol–water partition coefficient (Wildman–Crippen LogP) is 5.98. The van der Waals surface area contributed by atoms with E-state index in [-0.39, 0.29) is 0 Å². The van der Waals surface area contributed by atoms with E-state index in [9.17, 15) is 8.78 Å². The fourth-order valence-corrected chi connectivity index (χ4v) is 2.62. The predicted molar refractivity (Wildman–Crippen MR) is 98.2 cm³/mol. The van der Waals surface area contributed by atoms with E-state index in [1.54, 1.807) is 0 Å². The molecule has 0 aliphatic carbocycles. The Morgan fingerprint density at radius 2 is 1.24 bits per heavy atom. The van der Waals surface area contributed by atoms with Crippen LogP contribution in [0.4, 0.5) is 8.78 Å². The second-order valence-corrected chi connectivity index (χ2v) is 5.90. The van der Waals surface area contributed by atoms with Crippen molar-refractivity contribution in [3.63, 3.8) is 0 Å². The van der Waals surface area contributed by atoms with Crippen LogP contribution in [-0.4, -0.2) is 0 Å². The van der Waals surface area contributed by atoms with Gasteiger partial charge in [0.05, 0.1) is 0 Å². The van der Waals surface area contributed by atoms with Gasteiger partial charge in [-0.15, -0.1) is 0 Å². The third kappa shape index (κ3) is 4.33. The van der Waals surface area contributed by atoms with Gasteiger partial charge in [-0.05, 0) is 53.4 Å². The summed E-state index contributed by atoms with van der Waals surface area (Å²) in [5, 5.41) is 0. The quantitative estimate of drug-likeness (QED) is 0.517. The molecule has 3 rings (SSSR count). The number of hydrogen-bond acceptors (Lipinski definition) is 0. The molecule has 0 bridgehead atoms. The van der Waals surface area contributed by atoms with Crippen molar-refractivity contribution < 1.29 is 8.78 Å². The highest BCUT2D eigenvalue weighted by Crippen LogP contribution is 2.20. The Morgan fingerprint density at radius 1 is 0.680 bits per heavy atom. The molecule has 25 heavy (non-hydrogen) atoms. The summed E-state index contributed by atoms with van der Waals surface area (Å²) >= 11 is 0. The van der Waals surface area contributed by atoms with Gasteiger partial charge in [-0.1, -0.05) is 61.6 Å². The Labute approximate surface area is 147 Å². The highest BCUT2D eigenvalue weighted by atomic mass is 19.2. The zero-order valence-electron chi connectivity index (χ0n) is 14.0.